The maximum atomic E-state index is 11.8. The second kappa shape index (κ2) is 6.51. The first-order valence-electron chi connectivity index (χ1n) is 6.72. The Morgan fingerprint density at radius 2 is 2.15 bits per heavy atom. The molecule has 2 atom stereocenters. The number of nitrogens with zero attached hydrogens (tertiary/aromatic N) is 1. The molecule has 0 amide bonds. The van der Waals surface area contributed by atoms with Gasteiger partial charge in [-0.2, -0.15) is 11.8 Å². The van der Waals surface area contributed by atoms with E-state index >= 15 is 0 Å². The first kappa shape index (κ1) is 16.5. The predicted molar refractivity (Wildman–Crippen MR) is 82.6 cm³/mol. The smallest absolute Gasteiger partial charge is 0.164 e. The molecule has 118 valence electrons. The van der Waals surface area contributed by atoms with Gasteiger partial charge in [-0.25, -0.2) is 16.8 Å². The lowest BCUT2D eigenvalue weighted by Gasteiger charge is -2.35. The largest absolute Gasteiger partial charge is 0.312 e. The van der Waals surface area contributed by atoms with Crippen molar-refractivity contribution < 1.29 is 16.8 Å². The van der Waals surface area contributed by atoms with Crippen molar-refractivity contribution >= 4 is 31.4 Å². The Labute approximate surface area is 125 Å². The van der Waals surface area contributed by atoms with E-state index in [9.17, 15) is 16.8 Å². The number of hydrogen-bond acceptors (Lipinski definition) is 7. The zero-order valence-electron chi connectivity index (χ0n) is 11.6. The highest BCUT2D eigenvalue weighted by Crippen LogP contribution is 2.21. The third-order valence-electron chi connectivity index (χ3n) is 3.75. The molecule has 0 aromatic heterocycles. The molecule has 20 heavy (non-hydrogen) atoms. The van der Waals surface area contributed by atoms with Gasteiger partial charge in [-0.1, -0.05) is 0 Å². The summed E-state index contributed by atoms with van der Waals surface area (Å²) in [7, 11) is -6.01. The highest BCUT2D eigenvalue weighted by atomic mass is 32.2. The van der Waals surface area contributed by atoms with Crippen molar-refractivity contribution in [3.8, 4) is 0 Å². The molecule has 2 aliphatic heterocycles. The topological polar surface area (TPSA) is 83.6 Å². The third kappa shape index (κ3) is 4.59. The Kier molecular flexibility index (Phi) is 5.39. The minimum Gasteiger partial charge on any atom is -0.312 e. The number of nitrogens with one attached hydrogen (secondary N) is 1. The van der Waals surface area contributed by atoms with Crippen LogP contribution in [0.5, 0.6) is 0 Å². The van der Waals surface area contributed by atoms with Crippen molar-refractivity contribution in [2.45, 2.75) is 17.8 Å². The molecule has 9 heteroatoms. The molecule has 1 N–H and O–H groups in total. The quantitative estimate of drug-likeness (QED) is 0.715. The summed E-state index contributed by atoms with van der Waals surface area (Å²) < 4.78 is 46.7. The maximum absolute atomic E-state index is 11.8. The van der Waals surface area contributed by atoms with E-state index in [0.29, 0.717) is 25.3 Å². The van der Waals surface area contributed by atoms with Crippen LogP contribution in [0.25, 0.3) is 0 Å². The first-order chi connectivity index (χ1) is 9.28. The lowest BCUT2D eigenvalue weighted by Crippen LogP contribution is -2.50. The van der Waals surface area contributed by atoms with Crippen LogP contribution in [0.4, 0.5) is 0 Å². The van der Waals surface area contributed by atoms with Gasteiger partial charge in [-0.05, 0) is 6.42 Å². The lowest BCUT2D eigenvalue weighted by atomic mass is 10.2. The maximum Gasteiger partial charge on any atom is 0.164 e. The normalized spacial score (nSPS) is 32.0. The number of hydrogen-bond donors (Lipinski definition) is 1. The molecule has 2 heterocycles. The molecule has 2 fully saturated rings. The molecule has 0 saturated carbocycles. The molecular formula is C11H22N2O4S3. The molecule has 2 saturated heterocycles. The van der Waals surface area contributed by atoms with Gasteiger partial charge in [0.15, 0.2) is 19.7 Å². The number of sulfone groups is 2. The van der Waals surface area contributed by atoms with Crippen LogP contribution >= 0.6 is 11.8 Å². The van der Waals surface area contributed by atoms with E-state index in [-0.39, 0.29) is 17.5 Å². The van der Waals surface area contributed by atoms with Crippen LogP contribution in [0.2, 0.25) is 0 Å². The van der Waals surface area contributed by atoms with Gasteiger partial charge in [-0.3, -0.25) is 4.90 Å². The van der Waals surface area contributed by atoms with Crippen molar-refractivity contribution in [1.29, 1.82) is 0 Å². The van der Waals surface area contributed by atoms with Crippen molar-refractivity contribution in [3.63, 3.8) is 0 Å². The molecule has 2 rings (SSSR count). The van der Waals surface area contributed by atoms with E-state index in [1.165, 1.54) is 6.26 Å². The molecule has 0 radical (unpaired) electrons. The van der Waals surface area contributed by atoms with Gasteiger partial charge in [0, 0.05) is 43.4 Å². The summed E-state index contributed by atoms with van der Waals surface area (Å²) in [5.74, 6) is 1.91. The fourth-order valence-electron chi connectivity index (χ4n) is 2.64. The number of thioether (sulfide) groups is 1. The fraction of sp³-hybridized carbons (Fsp3) is 1.00. The van der Waals surface area contributed by atoms with Crippen LogP contribution in [0.1, 0.15) is 6.42 Å². The molecule has 0 aromatic rings. The third-order valence-corrected chi connectivity index (χ3v) is 8.17. The van der Waals surface area contributed by atoms with E-state index in [0.717, 1.165) is 12.3 Å². The van der Waals surface area contributed by atoms with Gasteiger partial charge in [-0.15, -0.1) is 0 Å². The van der Waals surface area contributed by atoms with Crippen LogP contribution in [0, 0.1) is 0 Å². The van der Waals surface area contributed by atoms with Crippen LogP contribution in [0.15, 0.2) is 0 Å². The highest BCUT2D eigenvalue weighted by Gasteiger charge is 2.32. The van der Waals surface area contributed by atoms with Crippen molar-refractivity contribution in [2.24, 2.45) is 0 Å². The average molecular weight is 343 g/mol. The molecule has 2 unspecified atom stereocenters. The van der Waals surface area contributed by atoms with Crippen LogP contribution in [-0.2, 0) is 19.7 Å². The fourth-order valence-corrected chi connectivity index (χ4v) is 7.11. The lowest BCUT2D eigenvalue weighted by molar-refractivity contribution is 0.255. The Bertz CT molecular complexity index is 532. The van der Waals surface area contributed by atoms with E-state index in [1.807, 2.05) is 4.90 Å². The molecule has 0 aliphatic carbocycles. The van der Waals surface area contributed by atoms with Crippen molar-refractivity contribution in [1.82, 2.24) is 10.2 Å². The molecule has 0 aromatic carbocycles. The van der Waals surface area contributed by atoms with Crippen molar-refractivity contribution in [3.05, 3.63) is 0 Å². The van der Waals surface area contributed by atoms with Gasteiger partial charge in [0.25, 0.3) is 0 Å². The Balaban J connectivity index is 1.91. The second-order valence-electron chi connectivity index (χ2n) is 5.45. The van der Waals surface area contributed by atoms with Gasteiger partial charge < -0.3 is 5.32 Å². The Morgan fingerprint density at radius 1 is 1.40 bits per heavy atom. The summed E-state index contributed by atoms with van der Waals surface area (Å²) in [6, 6.07) is -0.0523. The van der Waals surface area contributed by atoms with E-state index < -0.39 is 25.0 Å². The van der Waals surface area contributed by atoms with Crippen LogP contribution in [0.3, 0.4) is 0 Å². The molecular weight excluding hydrogens is 320 g/mol. The average Bonchev–Trinajstić information content (AvgIpc) is 2.34. The molecule has 6 nitrogen and oxygen atoms in total. The number of rotatable bonds is 4. The van der Waals surface area contributed by atoms with E-state index in [2.05, 4.69) is 5.32 Å². The molecule has 2 aliphatic rings. The summed E-state index contributed by atoms with van der Waals surface area (Å²) in [4.78, 5) is 1.98. The summed E-state index contributed by atoms with van der Waals surface area (Å²) in [6.07, 6.45) is 1.95. The molecule has 0 bridgehead atoms. The SMILES string of the molecule is CS(=O)(=O)C1CSCCN1CCC1CS(=O)(=O)CCN1. The van der Waals surface area contributed by atoms with Crippen LogP contribution < -0.4 is 5.32 Å². The predicted octanol–water partition coefficient (Wildman–Crippen LogP) is -0.817. The summed E-state index contributed by atoms with van der Waals surface area (Å²) in [5.41, 5.74) is 0. The molecule has 0 spiro atoms. The van der Waals surface area contributed by atoms with E-state index in [1.54, 1.807) is 11.8 Å². The summed E-state index contributed by atoms with van der Waals surface area (Å²) in [5, 5.41) is 2.78. The summed E-state index contributed by atoms with van der Waals surface area (Å²) >= 11 is 1.66. The second-order valence-corrected chi connectivity index (χ2v) is 11.0. The Hall–Kier alpha value is 0.170. The van der Waals surface area contributed by atoms with E-state index in [4.69, 9.17) is 0 Å². The highest BCUT2D eigenvalue weighted by molar-refractivity contribution is 8.00. The van der Waals surface area contributed by atoms with Gasteiger partial charge >= 0.3 is 0 Å². The standard InChI is InChI=1S/C11H22N2O4S3/c1-19(14,15)11-8-18-6-5-13(11)4-2-10-9-20(16,17)7-3-12-10/h10-12H,2-9H2,1H3. The first-order valence-corrected chi connectivity index (χ1v) is 11.7. The minimum absolute atomic E-state index is 0.0523. The van der Waals surface area contributed by atoms with Gasteiger partial charge in [0.1, 0.15) is 5.37 Å². The van der Waals surface area contributed by atoms with Crippen molar-refractivity contribution in [2.75, 3.05) is 48.9 Å². The zero-order chi connectivity index (χ0) is 14.8. The van der Waals surface area contributed by atoms with Crippen LogP contribution in [-0.4, -0.2) is 82.1 Å². The van der Waals surface area contributed by atoms with Gasteiger partial charge in [0.05, 0.1) is 11.5 Å². The summed E-state index contributed by atoms with van der Waals surface area (Å²) in [6.45, 7) is 1.88. The zero-order valence-corrected chi connectivity index (χ0v) is 14.1. The monoisotopic (exact) mass is 342 g/mol. The minimum atomic E-state index is -3.08. The van der Waals surface area contributed by atoms with Gasteiger partial charge in [0.2, 0.25) is 0 Å². The Morgan fingerprint density at radius 3 is 2.80 bits per heavy atom.